The van der Waals surface area contributed by atoms with Crippen molar-refractivity contribution in [1.82, 2.24) is 0 Å². The van der Waals surface area contributed by atoms with E-state index in [1.54, 1.807) is 11.8 Å². The Morgan fingerprint density at radius 1 is 1.39 bits per heavy atom. The normalized spacial score (nSPS) is 18.6. The number of carboxylic acids is 1. The fourth-order valence-corrected chi connectivity index (χ4v) is 2.97. The van der Waals surface area contributed by atoms with Crippen molar-refractivity contribution in [3.05, 3.63) is 23.8 Å². The highest BCUT2D eigenvalue weighted by atomic mass is 32.2. The average Bonchev–Trinajstić information content (AvgIpc) is 2.85. The number of carbonyl (C=O) groups is 2. The number of carbonyl (C=O) groups excluding carboxylic acids is 1. The molecule has 1 aromatic carbocycles. The summed E-state index contributed by atoms with van der Waals surface area (Å²) >= 11 is 1.73. The highest BCUT2D eigenvalue weighted by molar-refractivity contribution is 7.99. The molecule has 1 aromatic rings. The van der Waals surface area contributed by atoms with Gasteiger partial charge in [0.25, 0.3) is 0 Å². The highest BCUT2D eigenvalue weighted by Gasteiger charge is 2.23. The Hall–Kier alpha value is -1.69. The van der Waals surface area contributed by atoms with Crippen molar-refractivity contribution < 1.29 is 19.8 Å². The Labute approximate surface area is 108 Å². The molecule has 0 aliphatic carbocycles. The van der Waals surface area contributed by atoms with Gasteiger partial charge in [0.05, 0.1) is 11.3 Å². The Morgan fingerprint density at radius 3 is 2.72 bits per heavy atom. The van der Waals surface area contributed by atoms with Crippen LogP contribution in [0.2, 0.25) is 0 Å². The summed E-state index contributed by atoms with van der Waals surface area (Å²) in [6.07, 6.45) is 0.838. The second-order valence-corrected chi connectivity index (χ2v) is 5.24. The number of benzene rings is 1. The Balaban J connectivity index is 2.09. The third kappa shape index (κ3) is 2.76. The van der Waals surface area contributed by atoms with Crippen molar-refractivity contribution in [2.75, 3.05) is 16.8 Å². The molecule has 6 heteroatoms. The molecule has 0 bridgehead atoms. The van der Waals surface area contributed by atoms with E-state index in [1.165, 1.54) is 12.1 Å². The van der Waals surface area contributed by atoms with Crippen LogP contribution in [0.4, 0.5) is 5.69 Å². The van der Waals surface area contributed by atoms with Gasteiger partial charge in [-0.05, 0) is 30.4 Å². The van der Waals surface area contributed by atoms with E-state index >= 15 is 0 Å². The van der Waals surface area contributed by atoms with Crippen LogP contribution >= 0.6 is 11.8 Å². The van der Waals surface area contributed by atoms with E-state index in [2.05, 4.69) is 5.32 Å². The minimum absolute atomic E-state index is 0.0121. The van der Waals surface area contributed by atoms with Gasteiger partial charge in [-0.25, -0.2) is 4.79 Å². The number of rotatable bonds is 3. The number of aromatic hydroxyl groups is 1. The fraction of sp³-hybridized carbons (Fsp3) is 0.333. The first kappa shape index (κ1) is 12.8. The SMILES string of the molecule is O=C(O)c1ccc(NC(=O)C2CCSC2)c(O)c1. The standard InChI is InChI=1S/C12H13NO4S/c14-10-5-7(12(16)17)1-2-9(10)13-11(15)8-3-4-18-6-8/h1-2,5,8,14H,3-4,6H2,(H,13,15)(H,16,17). The smallest absolute Gasteiger partial charge is 0.335 e. The van der Waals surface area contributed by atoms with Crippen molar-refractivity contribution in [1.29, 1.82) is 0 Å². The van der Waals surface area contributed by atoms with E-state index in [9.17, 15) is 14.7 Å². The molecule has 1 saturated heterocycles. The molecule has 0 aromatic heterocycles. The van der Waals surface area contributed by atoms with Crippen LogP contribution in [0.3, 0.4) is 0 Å². The van der Waals surface area contributed by atoms with E-state index in [0.29, 0.717) is 0 Å². The van der Waals surface area contributed by atoms with Crippen LogP contribution in [0, 0.1) is 5.92 Å². The predicted molar refractivity (Wildman–Crippen MR) is 69.1 cm³/mol. The number of hydrogen-bond acceptors (Lipinski definition) is 4. The van der Waals surface area contributed by atoms with Crippen molar-refractivity contribution in [3.8, 4) is 5.75 Å². The molecule has 0 spiro atoms. The summed E-state index contributed by atoms with van der Waals surface area (Å²) in [6, 6.07) is 3.88. The molecule has 0 radical (unpaired) electrons. The number of carboxylic acid groups (broad SMARTS) is 1. The molecule has 1 aliphatic rings. The summed E-state index contributed by atoms with van der Waals surface area (Å²) in [7, 11) is 0. The molecule has 2 rings (SSSR count). The zero-order chi connectivity index (χ0) is 13.1. The molecule has 1 unspecified atom stereocenters. The first-order valence-electron chi connectivity index (χ1n) is 5.53. The van der Waals surface area contributed by atoms with Gasteiger partial charge < -0.3 is 15.5 Å². The molecule has 5 nitrogen and oxygen atoms in total. The van der Waals surface area contributed by atoms with Gasteiger partial charge >= 0.3 is 5.97 Å². The highest BCUT2D eigenvalue weighted by Crippen LogP contribution is 2.28. The van der Waals surface area contributed by atoms with Crippen LogP contribution in [0.25, 0.3) is 0 Å². The molecular formula is C12H13NO4S. The van der Waals surface area contributed by atoms with Crippen LogP contribution in [0.1, 0.15) is 16.8 Å². The van der Waals surface area contributed by atoms with Crippen molar-refractivity contribution in [2.24, 2.45) is 5.92 Å². The molecule has 0 saturated carbocycles. The number of amides is 1. The van der Waals surface area contributed by atoms with Crippen LogP contribution in [-0.4, -0.2) is 33.6 Å². The lowest BCUT2D eigenvalue weighted by atomic mass is 10.1. The number of nitrogens with one attached hydrogen (secondary N) is 1. The maximum atomic E-state index is 11.8. The molecule has 1 atom stereocenters. The van der Waals surface area contributed by atoms with Gasteiger partial charge in [-0.3, -0.25) is 4.79 Å². The summed E-state index contributed by atoms with van der Waals surface area (Å²) in [6.45, 7) is 0. The van der Waals surface area contributed by atoms with Crippen LogP contribution in [0.5, 0.6) is 5.75 Å². The zero-order valence-corrected chi connectivity index (χ0v) is 10.4. The fourth-order valence-electron chi connectivity index (χ4n) is 1.75. The van der Waals surface area contributed by atoms with E-state index in [-0.39, 0.29) is 28.8 Å². The Bertz CT molecular complexity index is 483. The quantitative estimate of drug-likeness (QED) is 0.727. The topological polar surface area (TPSA) is 86.6 Å². The average molecular weight is 267 g/mol. The lowest BCUT2D eigenvalue weighted by Crippen LogP contribution is -2.22. The second kappa shape index (κ2) is 5.30. The van der Waals surface area contributed by atoms with Gasteiger partial charge in [-0.1, -0.05) is 0 Å². The van der Waals surface area contributed by atoms with Gasteiger partial charge in [-0.2, -0.15) is 11.8 Å². The minimum atomic E-state index is -1.12. The number of aromatic carboxylic acids is 1. The summed E-state index contributed by atoms with van der Waals surface area (Å²) in [5.74, 6) is 0.262. The molecule has 1 aliphatic heterocycles. The van der Waals surface area contributed by atoms with Gasteiger partial charge in [0.2, 0.25) is 5.91 Å². The monoisotopic (exact) mass is 267 g/mol. The molecule has 3 N–H and O–H groups in total. The summed E-state index contributed by atoms with van der Waals surface area (Å²) in [5.41, 5.74) is 0.240. The number of phenols is 1. The predicted octanol–water partition coefficient (Wildman–Crippen LogP) is 1.78. The van der Waals surface area contributed by atoms with Crippen molar-refractivity contribution in [2.45, 2.75) is 6.42 Å². The molecule has 1 amide bonds. The largest absolute Gasteiger partial charge is 0.506 e. The molecule has 96 valence electrons. The van der Waals surface area contributed by atoms with E-state index in [0.717, 1.165) is 24.0 Å². The van der Waals surface area contributed by atoms with Gasteiger partial charge in [0.15, 0.2) is 0 Å². The number of hydrogen-bond donors (Lipinski definition) is 3. The lowest BCUT2D eigenvalue weighted by Gasteiger charge is -2.11. The number of thioether (sulfide) groups is 1. The Kier molecular flexibility index (Phi) is 3.76. The van der Waals surface area contributed by atoms with Crippen LogP contribution < -0.4 is 5.32 Å². The number of anilines is 1. The lowest BCUT2D eigenvalue weighted by molar-refractivity contribution is -0.119. The van der Waals surface area contributed by atoms with Crippen molar-refractivity contribution >= 4 is 29.3 Å². The first-order chi connectivity index (χ1) is 8.58. The molecule has 18 heavy (non-hydrogen) atoms. The molecule has 1 heterocycles. The molecular weight excluding hydrogens is 254 g/mol. The summed E-state index contributed by atoms with van der Waals surface area (Å²) in [5, 5.41) is 21.0. The van der Waals surface area contributed by atoms with Gasteiger partial charge in [-0.15, -0.1) is 0 Å². The van der Waals surface area contributed by atoms with E-state index < -0.39 is 5.97 Å². The third-order valence-electron chi connectivity index (χ3n) is 2.80. The maximum absolute atomic E-state index is 11.8. The second-order valence-electron chi connectivity index (χ2n) is 4.09. The summed E-state index contributed by atoms with van der Waals surface area (Å²) < 4.78 is 0. The zero-order valence-electron chi connectivity index (χ0n) is 9.55. The van der Waals surface area contributed by atoms with Gasteiger partial charge in [0, 0.05) is 11.7 Å². The van der Waals surface area contributed by atoms with Crippen LogP contribution in [0.15, 0.2) is 18.2 Å². The van der Waals surface area contributed by atoms with E-state index in [4.69, 9.17) is 5.11 Å². The number of phenolic OH excluding ortho intramolecular Hbond substituents is 1. The minimum Gasteiger partial charge on any atom is -0.506 e. The Morgan fingerprint density at radius 2 is 2.17 bits per heavy atom. The van der Waals surface area contributed by atoms with Crippen molar-refractivity contribution in [3.63, 3.8) is 0 Å². The first-order valence-corrected chi connectivity index (χ1v) is 6.68. The van der Waals surface area contributed by atoms with Gasteiger partial charge in [0.1, 0.15) is 5.75 Å². The third-order valence-corrected chi connectivity index (χ3v) is 3.97. The van der Waals surface area contributed by atoms with Crippen LogP contribution in [-0.2, 0) is 4.79 Å². The molecule has 1 fully saturated rings. The maximum Gasteiger partial charge on any atom is 0.335 e. The summed E-state index contributed by atoms with van der Waals surface area (Å²) in [4.78, 5) is 22.5. The van der Waals surface area contributed by atoms with E-state index in [1.807, 2.05) is 0 Å².